The van der Waals surface area contributed by atoms with Crippen LogP contribution in [0.25, 0.3) is 0 Å². The molecule has 0 saturated carbocycles. The highest BCUT2D eigenvalue weighted by atomic mass is 19.1. The predicted octanol–water partition coefficient (Wildman–Crippen LogP) is 1.81. The van der Waals surface area contributed by atoms with E-state index in [9.17, 15) is 4.39 Å². The van der Waals surface area contributed by atoms with Crippen molar-refractivity contribution in [3.63, 3.8) is 0 Å². The number of benzene rings is 1. The number of nitrogens with zero attached hydrogens (tertiary/aromatic N) is 1. The molecule has 1 N–H and O–H groups in total. The van der Waals surface area contributed by atoms with E-state index in [0.717, 1.165) is 12.1 Å². The first-order valence-electron chi connectivity index (χ1n) is 4.16. The van der Waals surface area contributed by atoms with Gasteiger partial charge in [-0.25, -0.2) is 4.39 Å². The van der Waals surface area contributed by atoms with Crippen LogP contribution in [0, 0.1) is 17.1 Å². The molecule has 0 amide bonds. The zero-order valence-electron chi connectivity index (χ0n) is 7.47. The Kier molecular flexibility index (Phi) is 3.41. The van der Waals surface area contributed by atoms with Crippen molar-refractivity contribution in [1.82, 2.24) is 5.32 Å². The van der Waals surface area contributed by atoms with Gasteiger partial charge in [-0.2, -0.15) is 5.26 Å². The lowest BCUT2D eigenvalue weighted by Crippen LogP contribution is -2.11. The smallest absolute Gasteiger partial charge is 0.124 e. The molecule has 0 aromatic heterocycles. The van der Waals surface area contributed by atoms with Gasteiger partial charge in [0, 0.05) is 6.54 Å². The number of halogens is 1. The second-order valence-electron chi connectivity index (χ2n) is 2.74. The fourth-order valence-electron chi connectivity index (χ4n) is 1.09. The van der Waals surface area contributed by atoms with E-state index in [4.69, 9.17) is 5.26 Å². The monoisotopic (exact) mass is 178 g/mol. The van der Waals surface area contributed by atoms with Crippen molar-refractivity contribution < 1.29 is 4.39 Å². The van der Waals surface area contributed by atoms with Crippen molar-refractivity contribution in [2.24, 2.45) is 0 Å². The molecule has 0 aliphatic rings. The molecule has 0 spiro atoms. The van der Waals surface area contributed by atoms with Crippen LogP contribution in [0.3, 0.4) is 0 Å². The molecule has 0 heterocycles. The van der Waals surface area contributed by atoms with Gasteiger partial charge >= 0.3 is 0 Å². The summed E-state index contributed by atoms with van der Waals surface area (Å²) in [6.45, 7) is 3.41. The van der Waals surface area contributed by atoms with Gasteiger partial charge in [-0.05, 0) is 30.3 Å². The molecule has 0 saturated heterocycles. The van der Waals surface area contributed by atoms with Crippen LogP contribution in [-0.2, 0) is 6.54 Å². The van der Waals surface area contributed by atoms with Gasteiger partial charge in [-0.15, -0.1) is 0 Å². The summed E-state index contributed by atoms with van der Waals surface area (Å²) in [5.74, 6) is -0.355. The first-order valence-corrected chi connectivity index (χ1v) is 4.16. The maximum atomic E-state index is 12.9. The summed E-state index contributed by atoms with van der Waals surface area (Å²) >= 11 is 0. The lowest BCUT2D eigenvalue weighted by molar-refractivity contribution is 0.621. The summed E-state index contributed by atoms with van der Waals surface area (Å²) in [6.07, 6.45) is 0. The molecule has 1 rings (SSSR count). The van der Waals surface area contributed by atoms with E-state index < -0.39 is 0 Å². The van der Waals surface area contributed by atoms with Crippen molar-refractivity contribution in [1.29, 1.82) is 5.26 Å². The van der Waals surface area contributed by atoms with Gasteiger partial charge < -0.3 is 5.32 Å². The molecule has 68 valence electrons. The zero-order valence-corrected chi connectivity index (χ0v) is 7.47. The van der Waals surface area contributed by atoms with E-state index in [1.165, 1.54) is 12.1 Å². The second-order valence-corrected chi connectivity index (χ2v) is 2.74. The molecular weight excluding hydrogens is 167 g/mol. The first kappa shape index (κ1) is 9.69. The van der Waals surface area contributed by atoms with E-state index in [1.807, 2.05) is 13.0 Å². The molecule has 2 nitrogen and oxygen atoms in total. The molecule has 0 aliphatic carbocycles. The van der Waals surface area contributed by atoms with Gasteiger partial charge in [0.05, 0.1) is 11.6 Å². The maximum Gasteiger partial charge on any atom is 0.124 e. The summed E-state index contributed by atoms with van der Waals surface area (Å²) < 4.78 is 12.9. The average molecular weight is 178 g/mol. The van der Waals surface area contributed by atoms with Gasteiger partial charge in [-0.3, -0.25) is 0 Å². The summed E-state index contributed by atoms with van der Waals surface area (Å²) in [6, 6.07) is 6.27. The maximum absolute atomic E-state index is 12.9. The fourth-order valence-corrected chi connectivity index (χ4v) is 1.09. The first-order chi connectivity index (χ1) is 6.26. The highest BCUT2D eigenvalue weighted by Gasteiger charge is 1.99. The van der Waals surface area contributed by atoms with Crippen molar-refractivity contribution in [2.45, 2.75) is 13.5 Å². The number of hydrogen-bond donors (Lipinski definition) is 1. The van der Waals surface area contributed by atoms with Crippen LogP contribution in [-0.4, -0.2) is 6.54 Å². The molecule has 0 atom stereocenters. The Morgan fingerprint density at radius 3 is 2.85 bits per heavy atom. The Morgan fingerprint density at radius 2 is 2.23 bits per heavy atom. The average Bonchev–Trinajstić information content (AvgIpc) is 2.14. The summed E-state index contributed by atoms with van der Waals surface area (Å²) in [5.41, 5.74) is 1.17. The number of nitriles is 1. The van der Waals surface area contributed by atoms with Crippen LogP contribution in [0.15, 0.2) is 18.2 Å². The van der Waals surface area contributed by atoms with Crippen molar-refractivity contribution in [3.05, 3.63) is 35.1 Å². The quantitative estimate of drug-likeness (QED) is 0.766. The van der Waals surface area contributed by atoms with Crippen LogP contribution in [0.2, 0.25) is 0 Å². The van der Waals surface area contributed by atoms with Crippen LogP contribution in [0.5, 0.6) is 0 Å². The van der Waals surface area contributed by atoms with Gasteiger partial charge in [0.15, 0.2) is 0 Å². The van der Waals surface area contributed by atoms with Gasteiger partial charge in [0.1, 0.15) is 5.82 Å². The highest BCUT2D eigenvalue weighted by molar-refractivity contribution is 5.33. The highest BCUT2D eigenvalue weighted by Crippen LogP contribution is 2.07. The Labute approximate surface area is 77.0 Å². The Hall–Kier alpha value is -1.40. The third-order valence-electron chi connectivity index (χ3n) is 1.67. The van der Waals surface area contributed by atoms with Crippen molar-refractivity contribution in [2.75, 3.05) is 6.54 Å². The molecular formula is C10H11FN2. The minimum atomic E-state index is -0.355. The van der Waals surface area contributed by atoms with E-state index in [-0.39, 0.29) is 5.82 Å². The molecule has 1 aromatic carbocycles. The van der Waals surface area contributed by atoms with Crippen LogP contribution in [0.4, 0.5) is 4.39 Å². The molecule has 1 aromatic rings. The van der Waals surface area contributed by atoms with Crippen LogP contribution < -0.4 is 5.32 Å². The van der Waals surface area contributed by atoms with Crippen molar-refractivity contribution in [3.8, 4) is 6.07 Å². The number of nitrogens with one attached hydrogen (secondary N) is 1. The predicted molar refractivity (Wildman–Crippen MR) is 48.5 cm³/mol. The standard InChI is InChI=1S/C10H11FN2/c1-2-13-7-9-3-8(6-12)4-10(11)5-9/h3-5,13H,2,7H2,1H3. The van der Waals surface area contributed by atoms with Crippen molar-refractivity contribution >= 4 is 0 Å². The summed E-state index contributed by atoms with van der Waals surface area (Å²) in [4.78, 5) is 0. The number of hydrogen-bond acceptors (Lipinski definition) is 2. The molecule has 3 heteroatoms. The third kappa shape index (κ3) is 2.85. The Morgan fingerprint density at radius 1 is 1.46 bits per heavy atom. The second kappa shape index (κ2) is 4.58. The normalized spacial score (nSPS) is 9.62. The minimum Gasteiger partial charge on any atom is -0.313 e. The lowest BCUT2D eigenvalue weighted by atomic mass is 10.1. The van der Waals surface area contributed by atoms with E-state index >= 15 is 0 Å². The SMILES string of the molecule is CCNCc1cc(F)cc(C#N)c1. The van der Waals surface area contributed by atoms with E-state index in [0.29, 0.717) is 12.1 Å². The zero-order chi connectivity index (χ0) is 9.68. The molecule has 0 aliphatic heterocycles. The molecule has 0 fully saturated rings. The summed E-state index contributed by atoms with van der Waals surface area (Å²) in [7, 11) is 0. The van der Waals surface area contributed by atoms with Gasteiger partial charge in [0.25, 0.3) is 0 Å². The molecule has 0 unspecified atom stereocenters. The largest absolute Gasteiger partial charge is 0.313 e. The summed E-state index contributed by atoms with van der Waals surface area (Å²) in [5, 5.41) is 11.6. The molecule has 13 heavy (non-hydrogen) atoms. The van der Waals surface area contributed by atoms with E-state index in [1.54, 1.807) is 6.07 Å². The van der Waals surface area contributed by atoms with E-state index in [2.05, 4.69) is 5.32 Å². The van der Waals surface area contributed by atoms with Gasteiger partial charge in [-0.1, -0.05) is 6.92 Å². The Balaban J connectivity index is 2.83. The van der Waals surface area contributed by atoms with Crippen LogP contribution >= 0.6 is 0 Å². The third-order valence-corrected chi connectivity index (χ3v) is 1.67. The molecule has 0 bridgehead atoms. The molecule has 0 radical (unpaired) electrons. The Bertz CT molecular complexity index is 328. The minimum absolute atomic E-state index is 0.355. The van der Waals surface area contributed by atoms with Crippen LogP contribution in [0.1, 0.15) is 18.1 Å². The lowest BCUT2D eigenvalue weighted by Gasteiger charge is -2.02. The van der Waals surface area contributed by atoms with Gasteiger partial charge in [0.2, 0.25) is 0 Å². The number of rotatable bonds is 3. The topological polar surface area (TPSA) is 35.8 Å². The fraction of sp³-hybridized carbons (Fsp3) is 0.300.